The van der Waals surface area contributed by atoms with Crippen LogP contribution in [0.5, 0.6) is 0 Å². The van der Waals surface area contributed by atoms with Crippen molar-refractivity contribution in [3.63, 3.8) is 0 Å². The summed E-state index contributed by atoms with van der Waals surface area (Å²) in [5.74, 6) is 0. The quantitative estimate of drug-likeness (QED) is 0.474. The first kappa shape index (κ1) is 5.10. The van der Waals surface area contributed by atoms with E-state index in [0.717, 1.165) is 13.0 Å². The van der Waals surface area contributed by atoms with Crippen molar-refractivity contribution < 1.29 is 4.74 Å². The molecule has 7 heavy (non-hydrogen) atoms. The molecule has 1 rings (SSSR count). The van der Waals surface area contributed by atoms with Crippen LogP contribution in [0.15, 0.2) is 0 Å². The minimum absolute atomic E-state index is 0.111. The van der Waals surface area contributed by atoms with Crippen LogP contribution >= 0.6 is 0 Å². The van der Waals surface area contributed by atoms with Crippen molar-refractivity contribution in [3.8, 4) is 0 Å². The fourth-order valence-electron chi connectivity index (χ4n) is 0.568. The summed E-state index contributed by atoms with van der Waals surface area (Å²) >= 11 is 0. The van der Waals surface area contributed by atoms with Gasteiger partial charge < -0.3 is 4.74 Å². The van der Waals surface area contributed by atoms with Crippen LogP contribution in [0, 0.1) is 6.92 Å². The van der Waals surface area contributed by atoms with Gasteiger partial charge in [-0.15, -0.1) is 0 Å². The van der Waals surface area contributed by atoms with Gasteiger partial charge in [-0.1, -0.05) is 6.92 Å². The first-order valence-electron chi connectivity index (χ1n) is 2.67. The van der Waals surface area contributed by atoms with E-state index in [1.54, 1.807) is 0 Å². The Kier molecular flexibility index (Phi) is 1.08. The van der Waals surface area contributed by atoms with E-state index in [4.69, 9.17) is 11.7 Å². The first-order chi connectivity index (χ1) is 3.33. The zero-order chi connectivity index (χ0) is 5.33. The summed E-state index contributed by atoms with van der Waals surface area (Å²) in [4.78, 5) is 0. The highest BCUT2D eigenvalue weighted by Gasteiger charge is 2.40. The van der Waals surface area contributed by atoms with Crippen LogP contribution in [0.1, 0.15) is 19.8 Å². The largest absolute Gasteiger partial charge is 0.370 e. The molecule has 0 amide bonds. The zero-order valence-corrected chi connectivity index (χ0v) is 4.61. The van der Waals surface area contributed by atoms with E-state index in [1.807, 2.05) is 0 Å². The van der Waals surface area contributed by atoms with E-state index in [9.17, 15) is 0 Å². The Morgan fingerprint density at radius 2 is 2.43 bits per heavy atom. The van der Waals surface area contributed by atoms with Gasteiger partial charge in [-0.05, 0) is 19.8 Å². The van der Waals surface area contributed by atoms with Gasteiger partial charge in [0, 0.05) is 0 Å². The van der Waals surface area contributed by atoms with Gasteiger partial charge in [0.05, 0.1) is 12.2 Å². The van der Waals surface area contributed by atoms with Crippen molar-refractivity contribution in [2.24, 2.45) is 0 Å². The van der Waals surface area contributed by atoms with Crippen molar-refractivity contribution in [2.45, 2.75) is 25.4 Å². The summed E-state index contributed by atoms with van der Waals surface area (Å²) in [6, 6.07) is 0. The molecule has 0 aliphatic carbocycles. The van der Waals surface area contributed by atoms with Crippen LogP contribution in [0.25, 0.3) is 0 Å². The van der Waals surface area contributed by atoms with Crippen LogP contribution in [-0.4, -0.2) is 12.2 Å². The second-order valence-corrected chi connectivity index (χ2v) is 2.03. The smallest absolute Gasteiger partial charge is 0.0916 e. The van der Waals surface area contributed by atoms with E-state index in [0.29, 0.717) is 6.42 Å². The Balaban J connectivity index is 2.28. The van der Waals surface area contributed by atoms with E-state index < -0.39 is 0 Å². The maximum atomic E-state index is 5.35. The SMILES string of the molecule is [CH]CC1(CC)CO1. The highest BCUT2D eigenvalue weighted by Crippen LogP contribution is 2.33. The average Bonchev–Trinajstić information content (AvgIpc) is 2.46. The fraction of sp³-hybridized carbons (Fsp3) is 0.833. The number of rotatable bonds is 2. The average molecular weight is 98.1 g/mol. The predicted octanol–water partition coefficient (Wildman–Crippen LogP) is 1.27. The highest BCUT2D eigenvalue weighted by atomic mass is 16.6. The molecule has 1 heterocycles. The van der Waals surface area contributed by atoms with E-state index in [1.165, 1.54) is 0 Å². The van der Waals surface area contributed by atoms with Gasteiger partial charge in [0.15, 0.2) is 0 Å². The molecule has 2 radical (unpaired) electrons. The Labute approximate surface area is 44.7 Å². The highest BCUT2D eigenvalue weighted by molar-refractivity contribution is 4.90. The molecule has 1 aliphatic rings. The maximum Gasteiger partial charge on any atom is 0.0916 e. The summed E-state index contributed by atoms with van der Waals surface area (Å²) in [5.41, 5.74) is 0.111. The number of hydrogen-bond acceptors (Lipinski definition) is 1. The Hall–Kier alpha value is -0.0400. The van der Waals surface area contributed by atoms with Gasteiger partial charge in [0.25, 0.3) is 0 Å². The van der Waals surface area contributed by atoms with Crippen LogP contribution in [0.2, 0.25) is 0 Å². The van der Waals surface area contributed by atoms with Gasteiger partial charge in [-0.3, -0.25) is 0 Å². The standard InChI is InChI=1S/C6H10O/c1-3-6(4-2)5-7-6/h1H,3-5H2,2H3. The van der Waals surface area contributed by atoms with Gasteiger partial charge in [0.2, 0.25) is 0 Å². The third-order valence-electron chi connectivity index (χ3n) is 1.57. The van der Waals surface area contributed by atoms with Crippen LogP contribution < -0.4 is 0 Å². The van der Waals surface area contributed by atoms with Gasteiger partial charge in [-0.25, -0.2) is 0 Å². The predicted molar refractivity (Wildman–Crippen MR) is 27.9 cm³/mol. The van der Waals surface area contributed by atoms with Crippen molar-refractivity contribution in [2.75, 3.05) is 6.61 Å². The molecule has 1 nitrogen and oxygen atoms in total. The molecule has 0 N–H and O–H groups in total. The summed E-state index contributed by atoms with van der Waals surface area (Å²) in [7, 11) is 0. The molecule has 1 fully saturated rings. The lowest BCUT2D eigenvalue weighted by atomic mass is 10.1. The topological polar surface area (TPSA) is 12.5 Å². The van der Waals surface area contributed by atoms with E-state index in [2.05, 4.69) is 6.92 Å². The molecule has 0 bridgehead atoms. The molecule has 0 aromatic rings. The maximum absolute atomic E-state index is 5.35. The minimum Gasteiger partial charge on any atom is -0.370 e. The lowest BCUT2D eigenvalue weighted by Gasteiger charge is -1.99. The molecule has 0 saturated carbocycles. The molecule has 0 aromatic carbocycles. The Morgan fingerprint density at radius 3 is 2.43 bits per heavy atom. The second-order valence-electron chi connectivity index (χ2n) is 2.03. The van der Waals surface area contributed by atoms with Crippen molar-refractivity contribution in [3.05, 3.63) is 6.92 Å². The Morgan fingerprint density at radius 1 is 1.86 bits per heavy atom. The molecule has 1 heteroatoms. The monoisotopic (exact) mass is 98.1 g/mol. The number of epoxide rings is 1. The third kappa shape index (κ3) is 0.778. The Bertz CT molecular complexity index is 58.6. The van der Waals surface area contributed by atoms with Gasteiger partial charge >= 0.3 is 0 Å². The fourth-order valence-corrected chi connectivity index (χ4v) is 0.568. The molecular formula is C6H10O. The van der Waals surface area contributed by atoms with Crippen molar-refractivity contribution >= 4 is 0 Å². The van der Waals surface area contributed by atoms with Crippen LogP contribution in [0.4, 0.5) is 0 Å². The van der Waals surface area contributed by atoms with Gasteiger partial charge in [-0.2, -0.15) is 0 Å². The van der Waals surface area contributed by atoms with Gasteiger partial charge in [0.1, 0.15) is 0 Å². The van der Waals surface area contributed by atoms with Crippen molar-refractivity contribution in [1.29, 1.82) is 0 Å². The summed E-state index contributed by atoms with van der Waals surface area (Å²) < 4.78 is 5.07. The number of hydrogen-bond donors (Lipinski definition) is 0. The molecule has 40 valence electrons. The second kappa shape index (κ2) is 1.48. The molecule has 1 atom stereocenters. The van der Waals surface area contributed by atoms with Crippen LogP contribution in [-0.2, 0) is 4.74 Å². The molecule has 0 spiro atoms. The summed E-state index contributed by atoms with van der Waals surface area (Å²) in [6.07, 6.45) is 1.74. The normalized spacial score (nSPS) is 24.9. The minimum atomic E-state index is 0.111. The molecule has 0 aromatic heterocycles. The zero-order valence-electron chi connectivity index (χ0n) is 4.61. The number of ether oxygens (including phenoxy) is 1. The molecule has 1 unspecified atom stereocenters. The molecule has 1 saturated heterocycles. The third-order valence-corrected chi connectivity index (χ3v) is 1.57. The molecule has 1 aliphatic heterocycles. The lowest BCUT2D eigenvalue weighted by molar-refractivity contribution is 0.297. The van der Waals surface area contributed by atoms with Crippen molar-refractivity contribution in [1.82, 2.24) is 0 Å². The molecular weight excluding hydrogens is 88.1 g/mol. The lowest BCUT2D eigenvalue weighted by Crippen LogP contribution is -2.05. The van der Waals surface area contributed by atoms with Crippen LogP contribution in [0.3, 0.4) is 0 Å². The first-order valence-corrected chi connectivity index (χ1v) is 2.67. The van der Waals surface area contributed by atoms with E-state index >= 15 is 0 Å². The summed E-state index contributed by atoms with van der Waals surface area (Å²) in [6.45, 7) is 8.33. The van der Waals surface area contributed by atoms with E-state index in [-0.39, 0.29) is 5.60 Å². The summed E-state index contributed by atoms with van der Waals surface area (Å²) in [5, 5.41) is 0.